The summed E-state index contributed by atoms with van der Waals surface area (Å²) in [5.74, 6) is -1.91. The number of nitrogens with zero attached hydrogens (tertiary/aromatic N) is 1. The third kappa shape index (κ3) is 2.80. The maximum absolute atomic E-state index is 12.1. The molecule has 3 atom stereocenters. The van der Waals surface area contributed by atoms with E-state index in [2.05, 4.69) is 5.32 Å². The first-order valence-electron chi connectivity index (χ1n) is 6.60. The monoisotopic (exact) mass is 269 g/mol. The van der Waals surface area contributed by atoms with Crippen LogP contribution in [0.5, 0.6) is 0 Å². The highest BCUT2D eigenvalue weighted by Crippen LogP contribution is 2.26. The van der Waals surface area contributed by atoms with Crippen LogP contribution in [0.15, 0.2) is 0 Å². The van der Waals surface area contributed by atoms with Crippen molar-refractivity contribution < 1.29 is 19.5 Å². The Morgan fingerprint density at radius 1 is 1.16 bits per heavy atom. The number of aliphatic carboxylic acids is 1. The fourth-order valence-corrected chi connectivity index (χ4v) is 2.98. The van der Waals surface area contributed by atoms with E-state index in [1.807, 2.05) is 0 Å². The number of nitrogens with one attached hydrogen (secondary N) is 1. The zero-order valence-electron chi connectivity index (χ0n) is 10.7. The van der Waals surface area contributed by atoms with E-state index in [-0.39, 0.29) is 12.1 Å². The number of hydrogen-bond acceptors (Lipinski definition) is 3. The highest BCUT2D eigenvalue weighted by Gasteiger charge is 2.38. The number of urea groups is 1. The number of nitrogens with two attached hydrogens (primary N) is 1. The molecule has 4 N–H and O–H groups in total. The summed E-state index contributed by atoms with van der Waals surface area (Å²) in [5.41, 5.74) is 5.25. The van der Waals surface area contributed by atoms with Crippen LogP contribution >= 0.6 is 0 Å². The predicted octanol–water partition coefficient (Wildman–Crippen LogP) is -0.101. The van der Waals surface area contributed by atoms with Gasteiger partial charge in [-0.3, -0.25) is 9.59 Å². The van der Waals surface area contributed by atoms with Gasteiger partial charge in [-0.25, -0.2) is 4.79 Å². The number of likely N-dealkylation sites (tertiary alicyclic amines) is 1. The van der Waals surface area contributed by atoms with Gasteiger partial charge in [-0.05, 0) is 25.7 Å². The van der Waals surface area contributed by atoms with Gasteiger partial charge in [0.1, 0.15) is 6.04 Å². The molecule has 1 aliphatic carbocycles. The van der Waals surface area contributed by atoms with Gasteiger partial charge in [0.2, 0.25) is 5.91 Å². The highest BCUT2D eigenvalue weighted by molar-refractivity contribution is 5.87. The predicted molar refractivity (Wildman–Crippen MR) is 66.2 cm³/mol. The van der Waals surface area contributed by atoms with Crippen LogP contribution in [0, 0.1) is 5.92 Å². The van der Waals surface area contributed by atoms with Crippen molar-refractivity contribution in [2.24, 2.45) is 11.7 Å². The van der Waals surface area contributed by atoms with Crippen molar-refractivity contribution >= 4 is 17.9 Å². The largest absolute Gasteiger partial charge is 0.481 e. The van der Waals surface area contributed by atoms with Gasteiger partial charge in [0.05, 0.1) is 5.92 Å². The molecule has 1 aliphatic heterocycles. The van der Waals surface area contributed by atoms with E-state index in [4.69, 9.17) is 10.8 Å². The number of carboxylic acid groups (broad SMARTS) is 1. The number of carboxylic acids is 1. The molecular formula is C12H19N3O4. The van der Waals surface area contributed by atoms with Gasteiger partial charge in [-0.15, -0.1) is 0 Å². The second-order valence-corrected chi connectivity index (χ2v) is 5.19. The molecule has 3 unspecified atom stereocenters. The van der Waals surface area contributed by atoms with Gasteiger partial charge in [-0.2, -0.15) is 0 Å². The fourth-order valence-electron chi connectivity index (χ4n) is 2.98. The molecule has 1 heterocycles. The summed E-state index contributed by atoms with van der Waals surface area (Å²) < 4.78 is 0. The standard InChI is InChI=1S/C12H19N3O4/c13-10(16)9-5-2-6-15(9)12(19)14-8-4-1-3-7(8)11(17)18/h7-9H,1-6H2,(H2,13,16)(H,14,19)(H,17,18). The summed E-state index contributed by atoms with van der Waals surface area (Å²) in [6.07, 6.45) is 3.36. The van der Waals surface area contributed by atoms with E-state index >= 15 is 0 Å². The normalized spacial score (nSPS) is 30.3. The van der Waals surface area contributed by atoms with Crippen LogP contribution in [0.4, 0.5) is 4.79 Å². The fraction of sp³-hybridized carbons (Fsp3) is 0.750. The Balaban J connectivity index is 1.97. The molecule has 1 saturated heterocycles. The molecular weight excluding hydrogens is 250 g/mol. The number of hydrogen-bond donors (Lipinski definition) is 3. The molecule has 2 aliphatic rings. The molecule has 106 valence electrons. The first kappa shape index (κ1) is 13.6. The lowest BCUT2D eigenvalue weighted by Crippen LogP contribution is -2.51. The Morgan fingerprint density at radius 2 is 1.89 bits per heavy atom. The van der Waals surface area contributed by atoms with Crippen molar-refractivity contribution in [3.05, 3.63) is 0 Å². The van der Waals surface area contributed by atoms with Crippen LogP contribution in [-0.2, 0) is 9.59 Å². The van der Waals surface area contributed by atoms with E-state index in [9.17, 15) is 14.4 Å². The summed E-state index contributed by atoms with van der Waals surface area (Å²) in [5, 5.41) is 11.8. The molecule has 19 heavy (non-hydrogen) atoms. The van der Waals surface area contributed by atoms with E-state index in [0.29, 0.717) is 25.8 Å². The molecule has 7 nitrogen and oxygen atoms in total. The molecule has 0 spiro atoms. The third-order valence-electron chi connectivity index (χ3n) is 3.98. The van der Waals surface area contributed by atoms with Crippen LogP contribution < -0.4 is 11.1 Å². The van der Waals surface area contributed by atoms with Gasteiger partial charge >= 0.3 is 12.0 Å². The summed E-state index contributed by atoms with van der Waals surface area (Å²) in [6, 6.07) is -1.29. The Labute approximate surface area is 111 Å². The number of amides is 3. The lowest BCUT2D eigenvalue weighted by molar-refractivity contribution is -0.142. The molecule has 0 radical (unpaired) electrons. The van der Waals surface area contributed by atoms with Crippen LogP contribution in [-0.4, -0.2) is 46.5 Å². The SMILES string of the molecule is NC(=O)C1CCCN1C(=O)NC1CCCC1C(=O)O. The molecule has 0 aromatic heterocycles. The van der Waals surface area contributed by atoms with Crippen LogP contribution in [0.25, 0.3) is 0 Å². The quantitative estimate of drug-likeness (QED) is 0.664. The van der Waals surface area contributed by atoms with Crippen LogP contribution in [0.1, 0.15) is 32.1 Å². The number of rotatable bonds is 3. The Hall–Kier alpha value is -1.79. The highest BCUT2D eigenvalue weighted by atomic mass is 16.4. The van der Waals surface area contributed by atoms with Crippen LogP contribution in [0.3, 0.4) is 0 Å². The minimum Gasteiger partial charge on any atom is -0.481 e. The molecule has 0 aromatic rings. The van der Waals surface area contributed by atoms with E-state index in [1.165, 1.54) is 4.90 Å². The molecule has 0 bridgehead atoms. The van der Waals surface area contributed by atoms with E-state index in [0.717, 1.165) is 12.8 Å². The van der Waals surface area contributed by atoms with Crippen molar-refractivity contribution in [1.29, 1.82) is 0 Å². The lowest BCUT2D eigenvalue weighted by atomic mass is 10.0. The average Bonchev–Trinajstić information content (AvgIpc) is 2.96. The van der Waals surface area contributed by atoms with Gasteiger partial charge in [0.15, 0.2) is 0 Å². The summed E-state index contributed by atoms with van der Waals surface area (Å²) in [4.78, 5) is 35.8. The Morgan fingerprint density at radius 3 is 2.53 bits per heavy atom. The second kappa shape index (κ2) is 5.46. The topological polar surface area (TPSA) is 113 Å². The number of carbonyl (C=O) groups is 3. The molecule has 7 heteroatoms. The van der Waals surface area contributed by atoms with Crippen LogP contribution in [0.2, 0.25) is 0 Å². The number of primary amides is 1. The zero-order chi connectivity index (χ0) is 14.0. The van der Waals surface area contributed by atoms with Crippen molar-refractivity contribution in [3.63, 3.8) is 0 Å². The molecule has 1 saturated carbocycles. The zero-order valence-corrected chi connectivity index (χ0v) is 10.7. The molecule has 0 aromatic carbocycles. The second-order valence-electron chi connectivity index (χ2n) is 5.19. The molecule has 3 amide bonds. The van der Waals surface area contributed by atoms with Crippen molar-refractivity contribution in [2.45, 2.75) is 44.2 Å². The lowest BCUT2D eigenvalue weighted by Gasteiger charge is -2.26. The Bertz CT molecular complexity index is 398. The first-order valence-corrected chi connectivity index (χ1v) is 6.60. The summed E-state index contributed by atoms with van der Waals surface area (Å²) in [6.45, 7) is 0.490. The minimum atomic E-state index is -0.879. The number of carbonyl (C=O) groups excluding carboxylic acids is 2. The Kier molecular flexibility index (Phi) is 3.92. The maximum atomic E-state index is 12.1. The van der Waals surface area contributed by atoms with Gasteiger partial charge in [0.25, 0.3) is 0 Å². The van der Waals surface area contributed by atoms with Crippen molar-refractivity contribution in [2.75, 3.05) is 6.54 Å². The molecule has 2 fully saturated rings. The van der Waals surface area contributed by atoms with Gasteiger partial charge < -0.3 is 21.1 Å². The third-order valence-corrected chi connectivity index (χ3v) is 3.98. The van der Waals surface area contributed by atoms with Gasteiger partial charge in [-0.1, -0.05) is 6.42 Å². The minimum absolute atomic E-state index is 0.348. The van der Waals surface area contributed by atoms with Crippen molar-refractivity contribution in [1.82, 2.24) is 10.2 Å². The van der Waals surface area contributed by atoms with Crippen molar-refractivity contribution in [3.8, 4) is 0 Å². The van der Waals surface area contributed by atoms with E-state index in [1.54, 1.807) is 0 Å². The van der Waals surface area contributed by atoms with Gasteiger partial charge in [0, 0.05) is 12.6 Å². The average molecular weight is 269 g/mol. The summed E-state index contributed by atoms with van der Waals surface area (Å²) in [7, 11) is 0. The van der Waals surface area contributed by atoms with E-state index < -0.39 is 23.8 Å². The first-order chi connectivity index (χ1) is 9.00. The summed E-state index contributed by atoms with van der Waals surface area (Å²) >= 11 is 0. The molecule has 2 rings (SSSR count). The smallest absolute Gasteiger partial charge is 0.318 e. The maximum Gasteiger partial charge on any atom is 0.318 e.